The summed E-state index contributed by atoms with van der Waals surface area (Å²) in [5.74, 6) is 0. The molecule has 2 aromatic rings. The van der Waals surface area contributed by atoms with Crippen molar-refractivity contribution in [2.24, 2.45) is 0 Å². The van der Waals surface area contributed by atoms with Crippen molar-refractivity contribution in [1.29, 1.82) is 0 Å². The maximum absolute atomic E-state index is 10.8. The van der Waals surface area contributed by atoms with Crippen LogP contribution in [0.3, 0.4) is 0 Å². The molecule has 0 heterocycles. The number of anilines is 1. The van der Waals surface area contributed by atoms with E-state index in [-0.39, 0.29) is 16.8 Å². The summed E-state index contributed by atoms with van der Waals surface area (Å²) in [4.78, 5) is 10.4. The Bertz CT molecular complexity index is 629. The van der Waals surface area contributed by atoms with E-state index in [1.807, 2.05) is 44.2 Å². The van der Waals surface area contributed by atoms with Crippen LogP contribution in [0.5, 0.6) is 0 Å². The number of hydrogen-bond acceptors (Lipinski definition) is 3. The molecule has 2 aromatic carbocycles. The van der Waals surface area contributed by atoms with Crippen LogP contribution in [0.2, 0.25) is 5.02 Å². The third-order valence-electron chi connectivity index (χ3n) is 3.16. The lowest BCUT2D eigenvalue weighted by Gasteiger charge is -2.17. The molecule has 5 heteroatoms. The molecule has 0 aliphatic carbocycles. The maximum atomic E-state index is 10.8. The van der Waals surface area contributed by atoms with Gasteiger partial charge in [0.15, 0.2) is 0 Å². The Labute approximate surface area is 122 Å². The second-order valence-corrected chi connectivity index (χ2v) is 5.06. The summed E-state index contributed by atoms with van der Waals surface area (Å²) in [6.07, 6.45) is 0. The Kier molecular flexibility index (Phi) is 4.25. The summed E-state index contributed by atoms with van der Waals surface area (Å²) in [5.41, 5.74) is 2.67. The highest BCUT2D eigenvalue weighted by molar-refractivity contribution is 6.33. The normalized spacial score (nSPS) is 11.9. The molecule has 0 aliphatic rings. The predicted molar refractivity (Wildman–Crippen MR) is 81.3 cm³/mol. The summed E-state index contributed by atoms with van der Waals surface area (Å²) in [6, 6.07) is 13.2. The van der Waals surface area contributed by atoms with E-state index in [0.29, 0.717) is 0 Å². The van der Waals surface area contributed by atoms with Crippen molar-refractivity contribution in [2.45, 2.75) is 19.9 Å². The predicted octanol–water partition coefficient (Wildman–Crippen LogP) is 4.73. The molecule has 0 aliphatic heterocycles. The Morgan fingerprint density at radius 1 is 1.25 bits per heavy atom. The number of nitro benzene ring substituents is 1. The molecule has 0 aromatic heterocycles. The van der Waals surface area contributed by atoms with Gasteiger partial charge in [-0.25, -0.2) is 0 Å². The lowest BCUT2D eigenvalue weighted by Crippen LogP contribution is -2.08. The first-order chi connectivity index (χ1) is 9.49. The minimum Gasteiger partial charge on any atom is -0.378 e. The summed E-state index contributed by atoms with van der Waals surface area (Å²) in [5, 5.41) is 14.3. The smallest absolute Gasteiger partial charge is 0.288 e. The second kappa shape index (κ2) is 5.92. The van der Waals surface area contributed by atoms with Crippen LogP contribution in [-0.4, -0.2) is 4.92 Å². The van der Waals surface area contributed by atoms with E-state index in [2.05, 4.69) is 5.32 Å². The van der Waals surface area contributed by atoms with Crippen LogP contribution in [0, 0.1) is 17.0 Å². The number of rotatable bonds is 4. The Hall–Kier alpha value is -2.07. The van der Waals surface area contributed by atoms with Gasteiger partial charge in [0.1, 0.15) is 5.02 Å². The van der Waals surface area contributed by atoms with Crippen molar-refractivity contribution < 1.29 is 4.92 Å². The molecule has 0 fully saturated rings. The molecule has 0 saturated heterocycles. The van der Waals surface area contributed by atoms with Gasteiger partial charge in [-0.3, -0.25) is 10.1 Å². The van der Waals surface area contributed by atoms with Gasteiger partial charge in [0.2, 0.25) is 0 Å². The number of benzene rings is 2. The van der Waals surface area contributed by atoms with Gasteiger partial charge in [0.05, 0.1) is 4.92 Å². The fraction of sp³-hybridized carbons (Fsp3) is 0.200. The molecular weight excluding hydrogens is 276 g/mol. The molecule has 20 heavy (non-hydrogen) atoms. The van der Waals surface area contributed by atoms with Crippen molar-refractivity contribution in [3.63, 3.8) is 0 Å². The molecule has 1 N–H and O–H groups in total. The Morgan fingerprint density at radius 2 is 1.90 bits per heavy atom. The molecule has 0 amide bonds. The van der Waals surface area contributed by atoms with Crippen molar-refractivity contribution >= 4 is 23.0 Å². The first-order valence-electron chi connectivity index (χ1n) is 6.25. The standard InChI is InChI=1S/C15H15ClN2O2/c1-10-8-15(18(19)20)13(16)9-14(10)17-11(2)12-6-4-3-5-7-12/h3-9,11,17H,1-2H3. The summed E-state index contributed by atoms with van der Waals surface area (Å²) in [6.45, 7) is 3.85. The monoisotopic (exact) mass is 290 g/mol. The lowest BCUT2D eigenvalue weighted by molar-refractivity contribution is -0.384. The highest BCUT2D eigenvalue weighted by Gasteiger charge is 2.16. The van der Waals surface area contributed by atoms with Gasteiger partial charge in [-0.2, -0.15) is 0 Å². The highest BCUT2D eigenvalue weighted by atomic mass is 35.5. The molecule has 0 spiro atoms. The van der Waals surface area contributed by atoms with Gasteiger partial charge < -0.3 is 5.32 Å². The molecule has 4 nitrogen and oxygen atoms in total. The van der Waals surface area contributed by atoms with Gasteiger partial charge in [-0.1, -0.05) is 41.9 Å². The van der Waals surface area contributed by atoms with Crippen LogP contribution >= 0.6 is 11.6 Å². The number of nitrogens with zero attached hydrogens (tertiary/aromatic N) is 1. The molecule has 2 rings (SSSR count). The van der Waals surface area contributed by atoms with Crippen LogP contribution in [0.15, 0.2) is 42.5 Å². The lowest BCUT2D eigenvalue weighted by atomic mass is 10.1. The summed E-state index contributed by atoms with van der Waals surface area (Å²) in [7, 11) is 0. The minimum absolute atomic E-state index is 0.0675. The number of nitro groups is 1. The quantitative estimate of drug-likeness (QED) is 0.654. The molecule has 104 valence electrons. The van der Waals surface area contributed by atoms with E-state index in [4.69, 9.17) is 11.6 Å². The van der Waals surface area contributed by atoms with Gasteiger partial charge in [-0.15, -0.1) is 0 Å². The average Bonchev–Trinajstić information content (AvgIpc) is 2.43. The summed E-state index contributed by atoms with van der Waals surface area (Å²) < 4.78 is 0. The number of hydrogen-bond donors (Lipinski definition) is 1. The highest BCUT2D eigenvalue weighted by Crippen LogP contribution is 2.32. The van der Waals surface area contributed by atoms with Crippen molar-refractivity contribution in [3.05, 3.63) is 68.7 Å². The first-order valence-corrected chi connectivity index (χ1v) is 6.63. The Morgan fingerprint density at radius 3 is 2.50 bits per heavy atom. The van der Waals surface area contributed by atoms with E-state index in [1.165, 1.54) is 6.07 Å². The fourth-order valence-corrected chi connectivity index (χ4v) is 2.25. The van der Waals surface area contributed by atoms with E-state index in [1.54, 1.807) is 6.07 Å². The van der Waals surface area contributed by atoms with Gasteiger partial charge in [-0.05, 0) is 31.0 Å². The zero-order chi connectivity index (χ0) is 14.7. The largest absolute Gasteiger partial charge is 0.378 e. The maximum Gasteiger partial charge on any atom is 0.288 e. The van der Waals surface area contributed by atoms with E-state index in [9.17, 15) is 10.1 Å². The zero-order valence-electron chi connectivity index (χ0n) is 11.3. The second-order valence-electron chi connectivity index (χ2n) is 4.65. The van der Waals surface area contributed by atoms with E-state index in [0.717, 1.165) is 16.8 Å². The number of nitrogens with one attached hydrogen (secondary N) is 1. The SMILES string of the molecule is Cc1cc([N+](=O)[O-])c(Cl)cc1NC(C)c1ccccc1. The van der Waals surface area contributed by atoms with Crippen LogP contribution < -0.4 is 5.32 Å². The first kappa shape index (κ1) is 14.3. The third kappa shape index (κ3) is 3.08. The minimum atomic E-state index is -0.472. The number of halogens is 1. The van der Waals surface area contributed by atoms with Crippen molar-refractivity contribution in [2.75, 3.05) is 5.32 Å². The molecule has 1 atom stereocenters. The molecule has 0 radical (unpaired) electrons. The fourth-order valence-electron chi connectivity index (χ4n) is 2.02. The third-order valence-corrected chi connectivity index (χ3v) is 3.46. The van der Waals surface area contributed by atoms with Gasteiger partial charge in [0.25, 0.3) is 5.69 Å². The van der Waals surface area contributed by atoms with Crippen molar-refractivity contribution in [3.8, 4) is 0 Å². The van der Waals surface area contributed by atoms with Gasteiger partial charge in [0, 0.05) is 17.8 Å². The van der Waals surface area contributed by atoms with Crippen molar-refractivity contribution in [1.82, 2.24) is 0 Å². The van der Waals surface area contributed by atoms with Crippen LogP contribution in [0.4, 0.5) is 11.4 Å². The molecule has 1 unspecified atom stereocenters. The van der Waals surface area contributed by atoms with E-state index < -0.39 is 4.92 Å². The molecule has 0 bridgehead atoms. The van der Waals surface area contributed by atoms with Crippen LogP contribution in [0.1, 0.15) is 24.1 Å². The molecule has 0 saturated carbocycles. The topological polar surface area (TPSA) is 55.2 Å². The summed E-state index contributed by atoms with van der Waals surface area (Å²) >= 11 is 5.94. The Balaban J connectivity index is 2.26. The number of aryl methyl sites for hydroxylation is 1. The van der Waals surface area contributed by atoms with Gasteiger partial charge >= 0.3 is 0 Å². The van der Waals surface area contributed by atoms with Crippen LogP contribution in [0.25, 0.3) is 0 Å². The average molecular weight is 291 g/mol. The van der Waals surface area contributed by atoms with Crippen LogP contribution in [-0.2, 0) is 0 Å². The van der Waals surface area contributed by atoms with E-state index >= 15 is 0 Å². The molecular formula is C15H15ClN2O2. The zero-order valence-corrected chi connectivity index (χ0v) is 12.0.